The molecule has 0 N–H and O–H groups in total. The number of carbonyl (C=O) groups is 2. The number of benzene rings is 1. The van der Waals surface area contributed by atoms with Crippen molar-refractivity contribution in [3.05, 3.63) is 28.8 Å². The van der Waals surface area contributed by atoms with E-state index in [9.17, 15) is 18.0 Å². The van der Waals surface area contributed by atoms with E-state index in [0.717, 1.165) is 32.1 Å². The van der Waals surface area contributed by atoms with Gasteiger partial charge in [-0.1, -0.05) is 11.6 Å². The quantitative estimate of drug-likeness (QED) is 0.690. The minimum Gasteiger partial charge on any atom is -0.452 e. The van der Waals surface area contributed by atoms with Gasteiger partial charge in [-0.15, -0.1) is 0 Å². The number of halogens is 1. The molecule has 1 aromatic rings. The zero-order valence-electron chi connectivity index (χ0n) is 15.0. The van der Waals surface area contributed by atoms with Crippen molar-refractivity contribution in [2.45, 2.75) is 37.0 Å². The Balaban J connectivity index is 1.70. The van der Waals surface area contributed by atoms with Crippen molar-refractivity contribution in [3.63, 3.8) is 0 Å². The normalized spacial score (nSPS) is 18.5. The minimum absolute atomic E-state index is 0.00288. The lowest BCUT2D eigenvalue weighted by Gasteiger charge is -2.26. The maximum Gasteiger partial charge on any atom is 0.340 e. The summed E-state index contributed by atoms with van der Waals surface area (Å²) in [6.45, 7) is 1.89. The maximum atomic E-state index is 12.7. The number of piperidine rings is 1. The van der Waals surface area contributed by atoms with Crippen LogP contribution >= 0.6 is 11.6 Å². The SMILES string of the molecule is O=C(OCC(=O)N1CCCCC1)c1cc(S(=O)(=O)N2CCCC2)ccc1Cl. The first-order valence-electron chi connectivity index (χ1n) is 9.14. The average Bonchev–Trinajstić information content (AvgIpc) is 3.22. The van der Waals surface area contributed by atoms with Crippen LogP contribution in [0.25, 0.3) is 0 Å². The van der Waals surface area contributed by atoms with Crippen LogP contribution < -0.4 is 0 Å². The molecule has 0 radical (unpaired) electrons. The Morgan fingerprint density at radius 1 is 1.00 bits per heavy atom. The molecule has 0 bridgehead atoms. The summed E-state index contributed by atoms with van der Waals surface area (Å²) in [4.78, 5) is 26.2. The third kappa shape index (κ3) is 4.62. The van der Waals surface area contributed by atoms with Gasteiger partial charge in [0.2, 0.25) is 10.0 Å². The Hall–Kier alpha value is -1.64. The summed E-state index contributed by atoms with van der Waals surface area (Å²) in [5.74, 6) is -1.05. The van der Waals surface area contributed by atoms with Gasteiger partial charge in [-0.3, -0.25) is 4.79 Å². The van der Waals surface area contributed by atoms with Gasteiger partial charge in [-0.25, -0.2) is 13.2 Å². The standard InChI is InChI=1S/C18H23ClN2O5S/c19-16-7-6-14(27(24,25)21-10-4-5-11-21)12-15(16)18(23)26-13-17(22)20-8-2-1-3-9-20/h6-7,12H,1-5,8-11,13H2. The highest BCUT2D eigenvalue weighted by atomic mass is 35.5. The Morgan fingerprint density at radius 3 is 2.30 bits per heavy atom. The lowest BCUT2D eigenvalue weighted by molar-refractivity contribution is -0.135. The second-order valence-corrected chi connectivity index (χ2v) is 9.12. The van der Waals surface area contributed by atoms with Gasteiger partial charge >= 0.3 is 5.97 Å². The number of nitrogens with zero attached hydrogens (tertiary/aromatic N) is 2. The number of esters is 1. The van der Waals surface area contributed by atoms with Gasteiger partial charge < -0.3 is 9.64 Å². The molecule has 3 rings (SSSR count). The van der Waals surface area contributed by atoms with Crippen molar-refractivity contribution >= 4 is 33.5 Å². The predicted molar refractivity (Wildman–Crippen MR) is 100 cm³/mol. The molecule has 0 spiro atoms. The fourth-order valence-electron chi connectivity index (χ4n) is 3.34. The Morgan fingerprint density at radius 2 is 1.63 bits per heavy atom. The van der Waals surface area contributed by atoms with Gasteiger partial charge in [0.05, 0.1) is 15.5 Å². The van der Waals surface area contributed by atoms with E-state index in [1.165, 1.54) is 22.5 Å². The molecule has 2 fully saturated rings. The van der Waals surface area contributed by atoms with Crippen molar-refractivity contribution in [3.8, 4) is 0 Å². The van der Waals surface area contributed by atoms with E-state index in [2.05, 4.69) is 0 Å². The van der Waals surface area contributed by atoms with E-state index in [-0.39, 0.29) is 28.0 Å². The number of hydrogen-bond donors (Lipinski definition) is 0. The van der Waals surface area contributed by atoms with Crippen LogP contribution in [0.5, 0.6) is 0 Å². The van der Waals surface area contributed by atoms with E-state index >= 15 is 0 Å². The van der Waals surface area contributed by atoms with Crippen molar-refractivity contribution in [2.24, 2.45) is 0 Å². The topological polar surface area (TPSA) is 84.0 Å². The Kier molecular flexibility index (Phi) is 6.39. The monoisotopic (exact) mass is 414 g/mol. The predicted octanol–water partition coefficient (Wildman–Crippen LogP) is 2.29. The summed E-state index contributed by atoms with van der Waals surface area (Å²) in [6.07, 6.45) is 4.63. The molecule has 9 heteroatoms. The van der Waals surface area contributed by atoms with Gasteiger partial charge in [-0.05, 0) is 50.3 Å². The average molecular weight is 415 g/mol. The highest BCUT2D eigenvalue weighted by Crippen LogP contribution is 2.25. The van der Waals surface area contributed by atoms with Gasteiger partial charge in [-0.2, -0.15) is 4.31 Å². The van der Waals surface area contributed by atoms with Gasteiger partial charge in [0, 0.05) is 26.2 Å². The highest BCUT2D eigenvalue weighted by Gasteiger charge is 2.29. The summed E-state index contributed by atoms with van der Waals surface area (Å²) in [6, 6.07) is 3.98. The number of carbonyl (C=O) groups excluding carboxylic acids is 2. The lowest BCUT2D eigenvalue weighted by atomic mass is 10.1. The zero-order valence-corrected chi connectivity index (χ0v) is 16.6. The molecule has 1 amide bonds. The molecule has 2 heterocycles. The summed E-state index contributed by atoms with van der Waals surface area (Å²) in [7, 11) is -3.67. The first-order valence-corrected chi connectivity index (χ1v) is 11.0. The molecule has 27 heavy (non-hydrogen) atoms. The summed E-state index contributed by atoms with van der Waals surface area (Å²) >= 11 is 6.06. The molecule has 1 aromatic carbocycles. The minimum atomic E-state index is -3.67. The zero-order chi connectivity index (χ0) is 19.4. The van der Waals surface area contributed by atoms with Crippen LogP contribution in [0.15, 0.2) is 23.1 Å². The number of sulfonamides is 1. The number of ether oxygens (including phenoxy) is 1. The number of rotatable bonds is 5. The first kappa shape index (κ1) is 20.1. The molecule has 0 saturated carbocycles. The third-order valence-electron chi connectivity index (χ3n) is 4.90. The number of likely N-dealkylation sites (tertiary alicyclic amines) is 1. The second-order valence-electron chi connectivity index (χ2n) is 6.77. The summed E-state index contributed by atoms with van der Waals surface area (Å²) in [5, 5.41) is 0.0887. The van der Waals surface area contributed by atoms with Crippen LogP contribution in [0.2, 0.25) is 5.02 Å². The van der Waals surface area contributed by atoms with Crippen LogP contribution in [0.3, 0.4) is 0 Å². The third-order valence-corrected chi connectivity index (χ3v) is 7.12. The molecule has 0 atom stereocenters. The van der Waals surface area contributed by atoms with Crippen molar-refractivity contribution in [2.75, 3.05) is 32.8 Å². The van der Waals surface area contributed by atoms with Crippen molar-refractivity contribution in [1.29, 1.82) is 0 Å². The van der Waals surface area contributed by atoms with Crippen molar-refractivity contribution < 1.29 is 22.7 Å². The smallest absolute Gasteiger partial charge is 0.340 e. The largest absolute Gasteiger partial charge is 0.452 e. The molecular formula is C18H23ClN2O5S. The number of hydrogen-bond acceptors (Lipinski definition) is 5. The number of amides is 1. The van der Waals surface area contributed by atoms with Crippen molar-refractivity contribution in [1.82, 2.24) is 9.21 Å². The van der Waals surface area contributed by atoms with Crippen LogP contribution in [0, 0.1) is 0 Å². The molecule has 2 aliphatic heterocycles. The molecule has 7 nitrogen and oxygen atoms in total. The van der Waals surface area contributed by atoms with E-state index in [0.29, 0.717) is 26.2 Å². The lowest BCUT2D eigenvalue weighted by Crippen LogP contribution is -2.38. The van der Waals surface area contributed by atoms with Gasteiger partial charge in [0.1, 0.15) is 0 Å². The van der Waals surface area contributed by atoms with Gasteiger partial charge in [0.15, 0.2) is 6.61 Å². The summed E-state index contributed by atoms with van der Waals surface area (Å²) < 4.78 is 31.8. The van der Waals surface area contributed by atoms with Crippen LogP contribution in [0.4, 0.5) is 0 Å². The molecule has 148 valence electrons. The second kappa shape index (κ2) is 8.58. The highest BCUT2D eigenvalue weighted by molar-refractivity contribution is 7.89. The Labute approximate surface area is 164 Å². The van der Waals surface area contributed by atoms with E-state index in [4.69, 9.17) is 16.3 Å². The fraction of sp³-hybridized carbons (Fsp3) is 0.556. The van der Waals surface area contributed by atoms with E-state index < -0.39 is 16.0 Å². The van der Waals surface area contributed by atoms with Crippen LogP contribution in [-0.4, -0.2) is 62.3 Å². The molecule has 0 aliphatic carbocycles. The molecule has 0 aromatic heterocycles. The van der Waals surface area contributed by atoms with Crippen LogP contribution in [0.1, 0.15) is 42.5 Å². The van der Waals surface area contributed by atoms with E-state index in [1.54, 1.807) is 4.90 Å². The molecule has 0 unspecified atom stereocenters. The molecular weight excluding hydrogens is 392 g/mol. The summed E-state index contributed by atoms with van der Waals surface area (Å²) in [5.41, 5.74) is -0.0524. The first-order chi connectivity index (χ1) is 12.9. The molecule has 2 aliphatic rings. The molecule has 2 saturated heterocycles. The van der Waals surface area contributed by atoms with Crippen LogP contribution in [-0.2, 0) is 19.6 Å². The Bertz CT molecular complexity index is 815. The van der Waals surface area contributed by atoms with E-state index in [1.807, 2.05) is 0 Å². The van der Waals surface area contributed by atoms with Gasteiger partial charge in [0.25, 0.3) is 5.91 Å². The fourth-order valence-corrected chi connectivity index (χ4v) is 5.08. The maximum absolute atomic E-state index is 12.7.